The summed E-state index contributed by atoms with van der Waals surface area (Å²) in [4.78, 5) is 1.56. The van der Waals surface area contributed by atoms with Crippen molar-refractivity contribution in [3.63, 3.8) is 0 Å². The van der Waals surface area contributed by atoms with Crippen molar-refractivity contribution >= 4 is 6.21 Å². The van der Waals surface area contributed by atoms with Gasteiger partial charge in [-0.1, -0.05) is 72.8 Å². The summed E-state index contributed by atoms with van der Waals surface area (Å²) < 4.78 is 13.0. The van der Waals surface area contributed by atoms with Crippen molar-refractivity contribution in [1.82, 2.24) is 5.01 Å². The number of halogens is 1. The zero-order valence-electron chi connectivity index (χ0n) is 15.8. The standard InChI is InChI=1S/C24H24FN3/c25-23-13-11-20(12-14-23)19-26-28-17-15-27(16-18-28)24(21-7-3-1-4-8-21)22-9-5-2-6-10-22/h1-14,19,24H,15-18H2/p+1/b26-19-. The molecule has 4 heteroatoms. The molecular weight excluding hydrogens is 349 g/mol. The summed E-state index contributed by atoms with van der Waals surface area (Å²) in [6, 6.07) is 28.3. The lowest BCUT2D eigenvalue weighted by molar-refractivity contribution is -0.929. The number of hydrazone groups is 1. The summed E-state index contributed by atoms with van der Waals surface area (Å²) in [6.45, 7) is 3.86. The van der Waals surface area contributed by atoms with E-state index in [0.29, 0.717) is 6.04 Å². The van der Waals surface area contributed by atoms with Crippen LogP contribution in [0.4, 0.5) is 4.39 Å². The number of rotatable bonds is 5. The lowest BCUT2D eigenvalue weighted by atomic mass is 9.96. The van der Waals surface area contributed by atoms with E-state index >= 15 is 0 Å². The van der Waals surface area contributed by atoms with Crippen LogP contribution in [0, 0.1) is 5.82 Å². The molecule has 1 saturated heterocycles. The van der Waals surface area contributed by atoms with E-state index in [1.807, 2.05) is 6.21 Å². The minimum Gasteiger partial charge on any atom is -0.322 e. The first-order valence-corrected chi connectivity index (χ1v) is 9.78. The van der Waals surface area contributed by atoms with E-state index in [0.717, 1.165) is 31.7 Å². The Morgan fingerprint density at radius 1 is 0.786 bits per heavy atom. The highest BCUT2D eigenvalue weighted by Crippen LogP contribution is 2.19. The van der Waals surface area contributed by atoms with Crippen LogP contribution >= 0.6 is 0 Å². The van der Waals surface area contributed by atoms with Gasteiger partial charge in [0.15, 0.2) is 0 Å². The van der Waals surface area contributed by atoms with E-state index < -0.39 is 0 Å². The smallest absolute Gasteiger partial charge is 0.139 e. The van der Waals surface area contributed by atoms with Gasteiger partial charge in [-0.05, 0) is 17.7 Å². The normalized spacial score (nSPS) is 15.4. The highest BCUT2D eigenvalue weighted by Gasteiger charge is 2.29. The van der Waals surface area contributed by atoms with Crippen molar-refractivity contribution in [3.05, 3.63) is 107 Å². The monoisotopic (exact) mass is 374 g/mol. The average Bonchev–Trinajstić information content (AvgIpc) is 2.76. The van der Waals surface area contributed by atoms with Crippen molar-refractivity contribution in [1.29, 1.82) is 0 Å². The molecule has 0 bridgehead atoms. The topological polar surface area (TPSA) is 20.0 Å². The van der Waals surface area contributed by atoms with Crippen LogP contribution < -0.4 is 4.90 Å². The number of nitrogens with one attached hydrogen (secondary N) is 1. The van der Waals surface area contributed by atoms with Gasteiger partial charge in [-0.3, -0.25) is 5.01 Å². The number of hydrogen-bond acceptors (Lipinski definition) is 2. The Morgan fingerprint density at radius 2 is 1.32 bits per heavy atom. The molecule has 0 aliphatic carbocycles. The lowest BCUT2D eigenvalue weighted by Crippen LogP contribution is -3.15. The Balaban J connectivity index is 1.45. The molecule has 1 aliphatic heterocycles. The van der Waals surface area contributed by atoms with Gasteiger partial charge < -0.3 is 4.90 Å². The summed E-state index contributed by atoms with van der Waals surface area (Å²) in [5, 5.41) is 6.71. The molecule has 1 fully saturated rings. The highest BCUT2D eigenvalue weighted by atomic mass is 19.1. The average molecular weight is 374 g/mol. The van der Waals surface area contributed by atoms with Gasteiger partial charge in [-0.25, -0.2) is 4.39 Å². The number of hydrogen-bond donors (Lipinski definition) is 1. The van der Waals surface area contributed by atoms with Gasteiger partial charge in [0.2, 0.25) is 0 Å². The number of nitrogens with zero attached hydrogens (tertiary/aromatic N) is 2. The van der Waals surface area contributed by atoms with Crippen molar-refractivity contribution < 1.29 is 9.29 Å². The minimum atomic E-state index is -0.220. The van der Waals surface area contributed by atoms with E-state index in [9.17, 15) is 4.39 Å². The Hall–Kier alpha value is -2.98. The molecule has 0 amide bonds. The predicted octanol–water partition coefficient (Wildman–Crippen LogP) is 3.15. The third-order valence-electron chi connectivity index (χ3n) is 5.30. The molecule has 1 aliphatic rings. The molecule has 3 aromatic carbocycles. The highest BCUT2D eigenvalue weighted by molar-refractivity contribution is 5.79. The summed E-state index contributed by atoms with van der Waals surface area (Å²) in [5.74, 6) is -0.220. The lowest BCUT2D eigenvalue weighted by Gasteiger charge is -2.35. The maximum atomic E-state index is 13.0. The van der Waals surface area contributed by atoms with E-state index in [2.05, 4.69) is 70.8 Å². The fraction of sp³-hybridized carbons (Fsp3) is 0.208. The SMILES string of the molecule is Fc1ccc(/C=N\N2CC[NH+](C(c3ccccc3)c3ccccc3)CC2)cc1. The number of quaternary nitrogens is 1. The molecule has 1 N–H and O–H groups in total. The van der Waals surface area contributed by atoms with E-state index in [-0.39, 0.29) is 5.82 Å². The fourth-order valence-electron chi connectivity index (χ4n) is 3.84. The summed E-state index contributed by atoms with van der Waals surface area (Å²) in [5.41, 5.74) is 3.63. The summed E-state index contributed by atoms with van der Waals surface area (Å²) >= 11 is 0. The molecule has 0 atom stereocenters. The minimum absolute atomic E-state index is 0.220. The Morgan fingerprint density at radius 3 is 1.86 bits per heavy atom. The molecule has 3 aromatic rings. The first kappa shape index (κ1) is 18.4. The molecule has 142 valence electrons. The maximum Gasteiger partial charge on any atom is 0.139 e. The first-order chi connectivity index (χ1) is 13.8. The van der Waals surface area contributed by atoms with Crippen LogP contribution in [-0.4, -0.2) is 37.4 Å². The van der Waals surface area contributed by atoms with E-state index in [1.165, 1.54) is 23.3 Å². The van der Waals surface area contributed by atoms with Gasteiger partial charge >= 0.3 is 0 Å². The zero-order valence-corrected chi connectivity index (χ0v) is 15.8. The first-order valence-electron chi connectivity index (χ1n) is 9.78. The molecule has 3 nitrogen and oxygen atoms in total. The molecule has 0 radical (unpaired) electrons. The number of benzene rings is 3. The van der Waals surface area contributed by atoms with Gasteiger partial charge in [-0.15, -0.1) is 0 Å². The third-order valence-corrected chi connectivity index (χ3v) is 5.30. The second-order valence-electron chi connectivity index (χ2n) is 7.16. The Kier molecular flexibility index (Phi) is 5.78. The largest absolute Gasteiger partial charge is 0.322 e. The van der Waals surface area contributed by atoms with Crippen LogP contribution in [0.5, 0.6) is 0 Å². The van der Waals surface area contributed by atoms with Crippen LogP contribution in [0.25, 0.3) is 0 Å². The van der Waals surface area contributed by atoms with Crippen LogP contribution in [0.15, 0.2) is 90.0 Å². The van der Waals surface area contributed by atoms with Crippen molar-refractivity contribution in [2.45, 2.75) is 6.04 Å². The molecule has 1 heterocycles. The fourth-order valence-corrected chi connectivity index (χ4v) is 3.84. The van der Waals surface area contributed by atoms with Crippen molar-refractivity contribution in [2.24, 2.45) is 5.10 Å². The van der Waals surface area contributed by atoms with Crippen LogP contribution in [0.1, 0.15) is 22.7 Å². The zero-order chi connectivity index (χ0) is 19.2. The van der Waals surface area contributed by atoms with Gasteiger partial charge in [0, 0.05) is 11.1 Å². The number of piperazine rings is 1. The molecular formula is C24H25FN3+. The third kappa shape index (κ3) is 4.46. The van der Waals surface area contributed by atoms with Crippen molar-refractivity contribution in [3.8, 4) is 0 Å². The Bertz CT molecular complexity index is 847. The molecule has 0 aromatic heterocycles. The van der Waals surface area contributed by atoms with E-state index in [4.69, 9.17) is 0 Å². The molecule has 0 spiro atoms. The van der Waals surface area contributed by atoms with Gasteiger partial charge in [0.1, 0.15) is 11.9 Å². The van der Waals surface area contributed by atoms with Crippen LogP contribution in [-0.2, 0) is 0 Å². The Labute approximate surface area is 165 Å². The second-order valence-corrected chi connectivity index (χ2v) is 7.16. The summed E-state index contributed by atoms with van der Waals surface area (Å²) in [7, 11) is 0. The van der Waals surface area contributed by atoms with E-state index in [1.54, 1.807) is 17.0 Å². The van der Waals surface area contributed by atoms with Crippen molar-refractivity contribution in [2.75, 3.05) is 26.2 Å². The van der Waals surface area contributed by atoms with Crippen LogP contribution in [0.3, 0.4) is 0 Å². The van der Waals surface area contributed by atoms with Gasteiger partial charge in [0.25, 0.3) is 0 Å². The molecule has 0 unspecified atom stereocenters. The molecule has 4 rings (SSSR count). The van der Waals surface area contributed by atoms with Gasteiger partial charge in [0.05, 0.1) is 32.4 Å². The molecule has 28 heavy (non-hydrogen) atoms. The maximum absolute atomic E-state index is 13.0. The molecule has 0 saturated carbocycles. The summed E-state index contributed by atoms with van der Waals surface area (Å²) in [6.07, 6.45) is 1.82. The van der Waals surface area contributed by atoms with Gasteiger partial charge in [-0.2, -0.15) is 5.10 Å². The van der Waals surface area contributed by atoms with Crippen LogP contribution in [0.2, 0.25) is 0 Å². The second kappa shape index (κ2) is 8.81. The predicted molar refractivity (Wildman–Crippen MR) is 111 cm³/mol. The quantitative estimate of drug-likeness (QED) is 0.680.